The van der Waals surface area contributed by atoms with Crippen molar-refractivity contribution in [3.05, 3.63) is 0 Å². The number of Topliss-reactive ketones (excluding diaryl/α,β-unsaturated/α-hetero) is 1. The van der Waals surface area contributed by atoms with Crippen molar-refractivity contribution in [3.63, 3.8) is 0 Å². The Hall–Kier alpha value is -0.660. The molecule has 0 unspecified atom stereocenters. The fraction of sp³-hybridized carbons (Fsp3) is 0.833. The average molecular weight is 198 g/mol. The number of carbonyl (C=O) groups excluding carboxylic acids is 2. The monoisotopic (exact) mass is 198 g/mol. The van der Waals surface area contributed by atoms with Crippen molar-refractivity contribution in [1.29, 1.82) is 0 Å². The summed E-state index contributed by atoms with van der Waals surface area (Å²) in [5.41, 5.74) is 0. The highest BCUT2D eigenvalue weighted by Crippen LogP contribution is 2.24. The minimum absolute atomic E-state index is 0. The van der Waals surface area contributed by atoms with Crippen molar-refractivity contribution in [3.8, 4) is 0 Å². The van der Waals surface area contributed by atoms with E-state index in [1.807, 2.05) is 0 Å². The van der Waals surface area contributed by atoms with Gasteiger partial charge in [-0.1, -0.05) is 20.3 Å². The van der Waals surface area contributed by atoms with Gasteiger partial charge in [0.05, 0.1) is 0 Å². The Balaban J connectivity index is 0.00000169. The molecule has 0 radical (unpaired) electrons. The predicted molar refractivity (Wildman–Crippen MR) is 58.2 cm³/mol. The number of carbonyl (C=O) groups is 2. The first-order valence-electron chi connectivity index (χ1n) is 5.28. The molecule has 0 aromatic carbocycles. The van der Waals surface area contributed by atoms with E-state index in [-0.39, 0.29) is 7.43 Å². The van der Waals surface area contributed by atoms with E-state index in [2.05, 4.69) is 0 Å². The third kappa shape index (κ3) is 5.15. The Kier molecular flexibility index (Phi) is 7.35. The van der Waals surface area contributed by atoms with Gasteiger partial charge in [0.1, 0.15) is 12.1 Å². The maximum absolute atomic E-state index is 11.3. The van der Waals surface area contributed by atoms with Gasteiger partial charge in [-0.15, -0.1) is 0 Å². The second-order valence-corrected chi connectivity index (χ2v) is 3.95. The molecule has 0 saturated heterocycles. The fourth-order valence-corrected chi connectivity index (χ4v) is 2.02. The summed E-state index contributed by atoms with van der Waals surface area (Å²) in [5.74, 6) is 0.989. The zero-order valence-corrected chi connectivity index (χ0v) is 8.13. The lowest BCUT2D eigenvalue weighted by atomic mass is 9.94. The molecule has 0 bridgehead atoms. The van der Waals surface area contributed by atoms with E-state index >= 15 is 0 Å². The van der Waals surface area contributed by atoms with Crippen LogP contribution in [0.3, 0.4) is 0 Å². The SMILES string of the molecule is C.O=CCCC[C@@H]1CCCCC(=O)C1. The molecule has 1 saturated carbocycles. The molecule has 0 aliphatic heterocycles. The van der Waals surface area contributed by atoms with Crippen LogP contribution in [0.25, 0.3) is 0 Å². The van der Waals surface area contributed by atoms with Crippen LogP contribution < -0.4 is 0 Å². The number of hydrogen-bond acceptors (Lipinski definition) is 2. The van der Waals surface area contributed by atoms with Crippen LogP contribution in [0.4, 0.5) is 0 Å². The topological polar surface area (TPSA) is 34.1 Å². The molecule has 1 aliphatic rings. The average Bonchev–Trinajstić information content (AvgIpc) is 2.31. The Bertz CT molecular complexity index is 175. The lowest BCUT2D eigenvalue weighted by Crippen LogP contribution is -2.05. The van der Waals surface area contributed by atoms with Crippen LogP contribution in [0.1, 0.15) is 58.8 Å². The molecule has 82 valence electrons. The maximum atomic E-state index is 11.3. The molecule has 1 atom stereocenters. The lowest BCUT2D eigenvalue weighted by molar-refractivity contribution is -0.119. The molecule has 1 aliphatic carbocycles. The molecule has 0 spiro atoms. The molecule has 2 heteroatoms. The van der Waals surface area contributed by atoms with Crippen molar-refractivity contribution in [2.75, 3.05) is 0 Å². The molecule has 2 nitrogen and oxygen atoms in total. The number of unbranched alkanes of at least 4 members (excludes halogenated alkanes) is 1. The van der Waals surface area contributed by atoms with E-state index in [9.17, 15) is 9.59 Å². The van der Waals surface area contributed by atoms with Crippen molar-refractivity contribution >= 4 is 12.1 Å². The Morgan fingerprint density at radius 3 is 2.86 bits per heavy atom. The Morgan fingerprint density at radius 1 is 1.36 bits per heavy atom. The zero-order valence-electron chi connectivity index (χ0n) is 8.13. The second-order valence-electron chi connectivity index (χ2n) is 3.95. The normalized spacial score (nSPS) is 22.3. The van der Waals surface area contributed by atoms with E-state index in [4.69, 9.17) is 0 Å². The number of ketones is 1. The van der Waals surface area contributed by atoms with E-state index in [0.717, 1.165) is 38.4 Å². The third-order valence-electron chi connectivity index (χ3n) is 2.77. The van der Waals surface area contributed by atoms with Gasteiger partial charge in [-0.05, 0) is 25.2 Å². The molecule has 0 amide bonds. The minimum Gasteiger partial charge on any atom is -0.303 e. The van der Waals surface area contributed by atoms with Crippen LogP contribution in [0.5, 0.6) is 0 Å². The minimum atomic E-state index is 0. The van der Waals surface area contributed by atoms with Gasteiger partial charge in [0.15, 0.2) is 0 Å². The summed E-state index contributed by atoms with van der Waals surface area (Å²) in [6, 6.07) is 0. The lowest BCUT2D eigenvalue weighted by Gasteiger charge is -2.11. The van der Waals surface area contributed by atoms with Crippen LogP contribution in [-0.2, 0) is 9.59 Å². The molecular weight excluding hydrogens is 176 g/mol. The maximum Gasteiger partial charge on any atom is 0.133 e. The van der Waals surface area contributed by atoms with Gasteiger partial charge in [0.2, 0.25) is 0 Å². The van der Waals surface area contributed by atoms with Gasteiger partial charge in [0, 0.05) is 19.3 Å². The molecule has 1 rings (SSSR count). The van der Waals surface area contributed by atoms with Crippen LogP contribution in [0.15, 0.2) is 0 Å². The van der Waals surface area contributed by atoms with Gasteiger partial charge in [-0.25, -0.2) is 0 Å². The molecule has 0 aromatic heterocycles. The summed E-state index contributed by atoms with van der Waals surface area (Å²) in [4.78, 5) is 21.4. The highest BCUT2D eigenvalue weighted by molar-refractivity contribution is 5.78. The van der Waals surface area contributed by atoms with Crippen LogP contribution >= 0.6 is 0 Å². The van der Waals surface area contributed by atoms with Crippen molar-refractivity contribution in [2.45, 2.75) is 58.8 Å². The van der Waals surface area contributed by atoms with E-state index in [0.29, 0.717) is 18.1 Å². The first kappa shape index (κ1) is 13.3. The first-order chi connectivity index (χ1) is 6.33. The molecular formula is C12H22O2. The summed E-state index contributed by atoms with van der Waals surface area (Å²) in [6.07, 6.45) is 8.64. The highest BCUT2D eigenvalue weighted by atomic mass is 16.1. The third-order valence-corrected chi connectivity index (χ3v) is 2.77. The van der Waals surface area contributed by atoms with E-state index < -0.39 is 0 Å². The molecule has 0 heterocycles. The van der Waals surface area contributed by atoms with Crippen molar-refractivity contribution in [2.24, 2.45) is 5.92 Å². The van der Waals surface area contributed by atoms with E-state index in [1.54, 1.807) is 0 Å². The summed E-state index contributed by atoms with van der Waals surface area (Å²) in [5, 5.41) is 0. The quantitative estimate of drug-likeness (QED) is 0.395. The van der Waals surface area contributed by atoms with Crippen molar-refractivity contribution < 1.29 is 9.59 Å². The smallest absolute Gasteiger partial charge is 0.133 e. The zero-order chi connectivity index (χ0) is 9.52. The Morgan fingerprint density at radius 2 is 2.14 bits per heavy atom. The Labute approximate surface area is 87.1 Å². The number of rotatable bonds is 4. The van der Waals surface area contributed by atoms with Gasteiger partial charge in [-0.3, -0.25) is 4.79 Å². The van der Waals surface area contributed by atoms with Gasteiger partial charge in [0.25, 0.3) is 0 Å². The highest BCUT2D eigenvalue weighted by Gasteiger charge is 2.16. The van der Waals surface area contributed by atoms with E-state index in [1.165, 1.54) is 12.8 Å². The fourth-order valence-electron chi connectivity index (χ4n) is 2.02. The van der Waals surface area contributed by atoms with Crippen LogP contribution in [0, 0.1) is 5.92 Å². The standard InChI is InChI=1S/C11H18O2.CH4/c12-8-4-3-6-10-5-1-2-7-11(13)9-10;/h8,10H,1-7,9H2;1H4/t10-;/m0./s1. The van der Waals surface area contributed by atoms with Gasteiger partial charge in [-0.2, -0.15) is 0 Å². The van der Waals surface area contributed by atoms with Gasteiger partial charge >= 0.3 is 0 Å². The summed E-state index contributed by atoms with van der Waals surface area (Å²) >= 11 is 0. The molecule has 0 aromatic rings. The number of aldehydes is 1. The molecule has 1 fully saturated rings. The summed E-state index contributed by atoms with van der Waals surface area (Å²) in [7, 11) is 0. The molecule has 0 N–H and O–H groups in total. The number of hydrogen-bond donors (Lipinski definition) is 0. The molecule has 14 heavy (non-hydrogen) atoms. The largest absolute Gasteiger partial charge is 0.303 e. The van der Waals surface area contributed by atoms with Crippen LogP contribution in [0.2, 0.25) is 0 Å². The summed E-state index contributed by atoms with van der Waals surface area (Å²) in [6.45, 7) is 0. The van der Waals surface area contributed by atoms with Gasteiger partial charge < -0.3 is 4.79 Å². The predicted octanol–water partition coefficient (Wildman–Crippen LogP) is 3.14. The van der Waals surface area contributed by atoms with Crippen LogP contribution in [-0.4, -0.2) is 12.1 Å². The second kappa shape index (κ2) is 7.72. The summed E-state index contributed by atoms with van der Waals surface area (Å²) < 4.78 is 0. The van der Waals surface area contributed by atoms with Crippen molar-refractivity contribution in [1.82, 2.24) is 0 Å². The first-order valence-corrected chi connectivity index (χ1v) is 5.28.